The van der Waals surface area contributed by atoms with E-state index in [0.717, 1.165) is 31.4 Å². The van der Waals surface area contributed by atoms with E-state index < -0.39 is 6.04 Å². The summed E-state index contributed by atoms with van der Waals surface area (Å²) in [4.78, 5) is 12.0. The molecule has 0 bridgehead atoms. The Morgan fingerprint density at radius 3 is 2.85 bits per heavy atom. The minimum atomic E-state index is -0.401. The number of esters is 1. The third-order valence-corrected chi connectivity index (χ3v) is 3.79. The molecule has 1 aromatic rings. The zero-order chi connectivity index (χ0) is 14.4. The Balaban J connectivity index is 2.06. The molecule has 1 fully saturated rings. The molecule has 1 N–H and O–H groups in total. The first-order chi connectivity index (χ1) is 9.74. The Kier molecular flexibility index (Phi) is 5.56. The van der Waals surface area contributed by atoms with Crippen molar-refractivity contribution in [2.75, 3.05) is 13.7 Å². The van der Waals surface area contributed by atoms with E-state index in [2.05, 4.69) is 12.2 Å². The number of hydrogen-bond acceptors (Lipinski definition) is 4. The molecule has 1 saturated heterocycles. The molecule has 1 aliphatic heterocycles. The van der Waals surface area contributed by atoms with Crippen molar-refractivity contribution in [3.05, 3.63) is 35.9 Å². The number of carbonyl (C=O) groups is 1. The highest BCUT2D eigenvalue weighted by molar-refractivity contribution is 5.77. The number of methoxy groups -OCH3 is 1. The number of benzene rings is 1. The molecular weight excluding hydrogens is 254 g/mol. The summed E-state index contributed by atoms with van der Waals surface area (Å²) in [6.07, 6.45) is 3.16. The molecule has 20 heavy (non-hydrogen) atoms. The van der Waals surface area contributed by atoms with Crippen LogP contribution in [-0.4, -0.2) is 31.8 Å². The standard InChI is InChI=1S/C16H23NO3/c1-3-14-11-13(9-10-20-14)17-15(16(18)19-2)12-7-5-4-6-8-12/h4-8,13-15,17H,3,9-11H2,1-2H3. The van der Waals surface area contributed by atoms with Crippen molar-refractivity contribution in [3.63, 3.8) is 0 Å². The molecule has 1 aliphatic rings. The van der Waals surface area contributed by atoms with Crippen LogP contribution in [0.2, 0.25) is 0 Å². The fourth-order valence-electron chi connectivity index (χ4n) is 2.62. The van der Waals surface area contributed by atoms with E-state index in [9.17, 15) is 4.79 Å². The number of carbonyl (C=O) groups excluding carboxylic acids is 1. The van der Waals surface area contributed by atoms with Gasteiger partial charge in [-0.25, -0.2) is 4.79 Å². The third-order valence-electron chi connectivity index (χ3n) is 3.79. The van der Waals surface area contributed by atoms with Gasteiger partial charge >= 0.3 is 5.97 Å². The van der Waals surface area contributed by atoms with Crippen molar-refractivity contribution < 1.29 is 14.3 Å². The molecule has 4 nitrogen and oxygen atoms in total. The van der Waals surface area contributed by atoms with Gasteiger partial charge in [-0.05, 0) is 24.8 Å². The lowest BCUT2D eigenvalue weighted by atomic mass is 9.98. The highest BCUT2D eigenvalue weighted by atomic mass is 16.5. The molecule has 3 unspecified atom stereocenters. The van der Waals surface area contributed by atoms with Gasteiger partial charge in [0.05, 0.1) is 13.2 Å². The van der Waals surface area contributed by atoms with Crippen molar-refractivity contribution in [1.29, 1.82) is 0 Å². The molecule has 110 valence electrons. The lowest BCUT2D eigenvalue weighted by Crippen LogP contribution is -2.43. The molecule has 0 spiro atoms. The van der Waals surface area contributed by atoms with Crippen LogP contribution < -0.4 is 5.32 Å². The topological polar surface area (TPSA) is 47.6 Å². The summed E-state index contributed by atoms with van der Waals surface area (Å²) in [6.45, 7) is 2.88. The lowest BCUT2D eigenvalue weighted by molar-refractivity contribution is -0.144. The van der Waals surface area contributed by atoms with E-state index in [4.69, 9.17) is 9.47 Å². The normalized spacial score (nSPS) is 24.1. The Morgan fingerprint density at radius 1 is 1.45 bits per heavy atom. The van der Waals surface area contributed by atoms with Gasteiger partial charge in [-0.3, -0.25) is 5.32 Å². The van der Waals surface area contributed by atoms with E-state index >= 15 is 0 Å². The molecule has 1 aromatic carbocycles. The number of hydrogen-bond donors (Lipinski definition) is 1. The molecule has 0 aromatic heterocycles. The molecule has 3 atom stereocenters. The Labute approximate surface area is 120 Å². The maximum atomic E-state index is 12.0. The van der Waals surface area contributed by atoms with Crippen LogP contribution in [0.1, 0.15) is 37.8 Å². The third kappa shape index (κ3) is 3.81. The molecule has 4 heteroatoms. The van der Waals surface area contributed by atoms with Crippen LogP contribution in [0.4, 0.5) is 0 Å². The van der Waals surface area contributed by atoms with Crippen LogP contribution in [0.15, 0.2) is 30.3 Å². The van der Waals surface area contributed by atoms with E-state index in [1.54, 1.807) is 0 Å². The van der Waals surface area contributed by atoms with E-state index in [0.29, 0.717) is 0 Å². The minimum Gasteiger partial charge on any atom is -0.468 e. The summed E-state index contributed by atoms with van der Waals surface area (Å²) < 4.78 is 10.6. The molecular formula is C16H23NO3. The first-order valence-corrected chi connectivity index (χ1v) is 7.25. The van der Waals surface area contributed by atoms with Gasteiger partial charge in [0.25, 0.3) is 0 Å². The lowest BCUT2D eigenvalue weighted by Gasteiger charge is -2.32. The molecule has 0 amide bonds. The van der Waals surface area contributed by atoms with Crippen LogP contribution in [0, 0.1) is 0 Å². The summed E-state index contributed by atoms with van der Waals surface area (Å²) in [5.41, 5.74) is 0.943. The predicted molar refractivity (Wildman–Crippen MR) is 77.4 cm³/mol. The SMILES string of the molecule is CCC1CC(NC(C(=O)OC)c2ccccc2)CCO1. The highest BCUT2D eigenvalue weighted by Gasteiger charge is 2.28. The largest absolute Gasteiger partial charge is 0.468 e. The quantitative estimate of drug-likeness (QED) is 0.840. The van der Waals surface area contributed by atoms with Crippen LogP contribution >= 0.6 is 0 Å². The Hall–Kier alpha value is -1.39. The Bertz CT molecular complexity index is 421. The van der Waals surface area contributed by atoms with Gasteiger partial charge in [0, 0.05) is 12.6 Å². The fourth-order valence-corrected chi connectivity index (χ4v) is 2.62. The molecule has 0 saturated carbocycles. The summed E-state index contributed by atoms with van der Waals surface area (Å²) >= 11 is 0. The second-order valence-corrected chi connectivity index (χ2v) is 5.16. The van der Waals surface area contributed by atoms with E-state index in [1.165, 1.54) is 7.11 Å². The molecule has 0 aliphatic carbocycles. The number of nitrogens with one attached hydrogen (secondary N) is 1. The summed E-state index contributed by atoms with van der Waals surface area (Å²) in [5, 5.41) is 3.43. The molecule has 0 radical (unpaired) electrons. The molecule has 1 heterocycles. The van der Waals surface area contributed by atoms with Gasteiger partial charge in [-0.2, -0.15) is 0 Å². The van der Waals surface area contributed by atoms with Crippen LogP contribution in [-0.2, 0) is 14.3 Å². The first kappa shape index (κ1) is 15.0. The van der Waals surface area contributed by atoms with Crippen molar-refractivity contribution in [3.8, 4) is 0 Å². The summed E-state index contributed by atoms with van der Waals surface area (Å²) in [5.74, 6) is -0.240. The van der Waals surface area contributed by atoms with Gasteiger partial charge in [0.1, 0.15) is 6.04 Å². The van der Waals surface area contributed by atoms with Crippen molar-refractivity contribution in [2.24, 2.45) is 0 Å². The van der Waals surface area contributed by atoms with Gasteiger partial charge in [0.2, 0.25) is 0 Å². The van der Waals surface area contributed by atoms with Gasteiger partial charge in [-0.15, -0.1) is 0 Å². The van der Waals surface area contributed by atoms with Crippen molar-refractivity contribution in [2.45, 2.75) is 44.4 Å². The van der Waals surface area contributed by atoms with E-state index in [1.807, 2.05) is 30.3 Å². The minimum absolute atomic E-state index is 0.240. The van der Waals surface area contributed by atoms with Crippen LogP contribution in [0.3, 0.4) is 0 Å². The zero-order valence-electron chi connectivity index (χ0n) is 12.2. The fraction of sp³-hybridized carbons (Fsp3) is 0.562. The second-order valence-electron chi connectivity index (χ2n) is 5.16. The van der Waals surface area contributed by atoms with Crippen molar-refractivity contribution >= 4 is 5.97 Å². The molecule has 2 rings (SSSR count). The predicted octanol–water partition coefficient (Wildman–Crippen LogP) is 2.45. The summed E-state index contributed by atoms with van der Waals surface area (Å²) in [7, 11) is 1.43. The zero-order valence-corrected chi connectivity index (χ0v) is 12.2. The average Bonchev–Trinajstić information content (AvgIpc) is 2.53. The number of rotatable bonds is 5. The monoisotopic (exact) mass is 277 g/mol. The second kappa shape index (κ2) is 7.41. The Morgan fingerprint density at radius 2 is 2.20 bits per heavy atom. The van der Waals surface area contributed by atoms with E-state index in [-0.39, 0.29) is 18.1 Å². The smallest absolute Gasteiger partial charge is 0.327 e. The van der Waals surface area contributed by atoms with Crippen LogP contribution in [0.25, 0.3) is 0 Å². The van der Waals surface area contributed by atoms with Gasteiger partial charge in [-0.1, -0.05) is 37.3 Å². The maximum Gasteiger partial charge on any atom is 0.327 e. The highest BCUT2D eigenvalue weighted by Crippen LogP contribution is 2.21. The first-order valence-electron chi connectivity index (χ1n) is 7.25. The van der Waals surface area contributed by atoms with Gasteiger partial charge < -0.3 is 9.47 Å². The average molecular weight is 277 g/mol. The van der Waals surface area contributed by atoms with Crippen LogP contribution in [0.5, 0.6) is 0 Å². The van der Waals surface area contributed by atoms with Crippen molar-refractivity contribution in [1.82, 2.24) is 5.32 Å². The maximum absolute atomic E-state index is 12.0. The number of ether oxygens (including phenoxy) is 2. The summed E-state index contributed by atoms with van der Waals surface area (Å²) in [6, 6.07) is 9.60. The van der Waals surface area contributed by atoms with Gasteiger partial charge in [0.15, 0.2) is 0 Å².